The Labute approximate surface area is 144 Å². The predicted molar refractivity (Wildman–Crippen MR) is 93.4 cm³/mol. The number of amides is 2. The van der Waals surface area contributed by atoms with Gasteiger partial charge in [0.05, 0.1) is 13.1 Å². The van der Waals surface area contributed by atoms with Gasteiger partial charge in [-0.1, -0.05) is 37.3 Å². The van der Waals surface area contributed by atoms with Gasteiger partial charge in [0.1, 0.15) is 0 Å². The lowest BCUT2D eigenvalue weighted by Gasteiger charge is -2.24. The normalized spacial score (nSPS) is 20.0. The number of nitrogens with one attached hydrogen (secondary N) is 1. The molecule has 23 heavy (non-hydrogen) atoms. The zero-order valence-corrected chi connectivity index (χ0v) is 14.4. The van der Waals surface area contributed by atoms with Crippen molar-refractivity contribution < 1.29 is 9.59 Å². The minimum Gasteiger partial charge on any atom is -0.346 e. The molecule has 0 aromatic heterocycles. The van der Waals surface area contributed by atoms with Crippen molar-refractivity contribution in [1.29, 1.82) is 0 Å². The molecule has 1 saturated heterocycles. The van der Waals surface area contributed by atoms with Crippen LogP contribution in [0, 0.1) is 5.41 Å². The Hall–Kier alpha value is -1.59. The molecular formula is C17H26ClN3O2. The van der Waals surface area contributed by atoms with E-state index in [1.54, 1.807) is 0 Å². The number of likely N-dealkylation sites (tertiary alicyclic amines) is 1. The van der Waals surface area contributed by atoms with E-state index < -0.39 is 0 Å². The van der Waals surface area contributed by atoms with E-state index in [1.807, 2.05) is 11.0 Å². The number of aryl methyl sites for hydroxylation is 1. The Morgan fingerprint density at radius 2 is 2.00 bits per heavy atom. The maximum atomic E-state index is 12.1. The molecule has 0 bridgehead atoms. The van der Waals surface area contributed by atoms with Crippen molar-refractivity contribution in [3.63, 3.8) is 0 Å². The van der Waals surface area contributed by atoms with Crippen LogP contribution in [-0.2, 0) is 16.0 Å². The van der Waals surface area contributed by atoms with E-state index in [1.165, 1.54) is 5.56 Å². The molecule has 1 unspecified atom stereocenters. The fourth-order valence-corrected chi connectivity index (χ4v) is 2.89. The Bertz CT molecular complexity index is 524. The molecule has 1 fully saturated rings. The van der Waals surface area contributed by atoms with Crippen molar-refractivity contribution in [3.8, 4) is 0 Å². The van der Waals surface area contributed by atoms with E-state index in [0.717, 1.165) is 32.4 Å². The maximum absolute atomic E-state index is 12.1. The van der Waals surface area contributed by atoms with Gasteiger partial charge in [0.15, 0.2) is 0 Å². The minimum atomic E-state index is -0.292. The van der Waals surface area contributed by atoms with Crippen LogP contribution in [0.15, 0.2) is 30.3 Å². The molecule has 0 spiro atoms. The summed E-state index contributed by atoms with van der Waals surface area (Å²) < 4.78 is 0. The number of hydrogen-bond acceptors (Lipinski definition) is 3. The fraction of sp³-hybridized carbons (Fsp3) is 0.529. The van der Waals surface area contributed by atoms with Gasteiger partial charge in [0.25, 0.3) is 0 Å². The number of rotatable bonds is 6. The average molecular weight is 340 g/mol. The Morgan fingerprint density at radius 1 is 1.30 bits per heavy atom. The van der Waals surface area contributed by atoms with Gasteiger partial charge in [-0.15, -0.1) is 12.4 Å². The molecule has 2 rings (SSSR count). The van der Waals surface area contributed by atoms with E-state index in [-0.39, 0.29) is 42.7 Å². The molecule has 1 aromatic carbocycles. The SMILES string of the molecule is CC1(CCc2ccccc2)CCN(C(=O)CNC(=O)CN)C1.Cl. The van der Waals surface area contributed by atoms with E-state index in [2.05, 4.69) is 36.5 Å². The Kier molecular flexibility index (Phi) is 7.52. The van der Waals surface area contributed by atoms with Gasteiger partial charge in [-0.25, -0.2) is 0 Å². The first kappa shape index (κ1) is 19.5. The van der Waals surface area contributed by atoms with E-state index in [9.17, 15) is 9.59 Å². The molecular weight excluding hydrogens is 314 g/mol. The van der Waals surface area contributed by atoms with E-state index >= 15 is 0 Å². The number of nitrogens with two attached hydrogens (primary N) is 1. The number of benzene rings is 1. The molecule has 1 atom stereocenters. The molecule has 0 aliphatic carbocycles. The van der Waals surface area contributed by atoms with Gasteiger partial charge in [-0.2, -0.15) is 0 Å². The summed E-state index contributed by atoms with van der Waals surface area (Å²) in [5.74, 6) is -0.315. The second-order valence-electron chi connectivity index (χ2n) is 6.34. The lowest BCUT2D eigenvalue weighted by atomic mass is 9.83. The zero-order chi connectivity index (χ0) is 16.0. The van der Waals surface area contributed by atoms with Crippen LogP contribution in [0.1, 0.15) is 25.3 Å². The van der Waals surface area contributed by atoms with Crippen LogP contribution < -0.4 is 11.1 Å². The molecule has 1 heterocycles. The summed E-state index contributed by atoms with van der Waals surface area (Å²) in [6.45, 7) is 3.73. The number of carbonyl (C=O) groups excluding carboxylic acids is 2. The quantitative estimate of drug-likeness (QED) is 0.821. The van der Waals surface area contributed by atoms with E-state index in [0.29, 0.717) is 0 Å². The first-order chi connectivity index (χ1) is 10.5. The second-order valence-corrected chi connectivity index (χ2v) is 6.34. The number of nitrogens with zero attached hydrogens (tertiary/aromatic N) is 1. The highest BCUT2D eigenvalue weighted by molar-refractivity contribution is 5.86. The van der Waals surface area contributed by atoms with Crippen LogP contribution in [0.25, 0.3) is 0 Å². The summed E-state index contributed by atoms with van der Waals surface area (Å²) in [6.07, 6.45) is 3.11. The summed E-state index contributed by atoms with van der Waals surface area (Å²) in [7, 11) is 0. The number of carbonyl (C=O) groups is 2. The second kappa shape index (κ2) is 8.89. The Balaban J connectivity index is 0.00000264. The molecule has 0 saturated carbocycles. The van der Waals surface area contributed by atoms with Gasteiger partial charge >= 0.3 is 0 Å². The first-order valence-electron chi connectivity index (χ1n) is 7.81. The molecule has 2 amide bonds. The third-order valence-corrected chi connectivity index (χ3v) is 4.39. The van der Waals surface area contributed by atoms with Crippen molar-refractivity contribution in [2.24, 2.45) is 11.1 Å². The highest BCUT2D eigenvalue weighted by Gasteiger charge is 2.35. The smallest absolute Gasteiger partial charge is 0.241 e. The predicted octanol–water partition coefficient (Wildman–Crippen LogP) is 1.35. The molecule has 0 radical (unpaired) electrons. The van der Waals surface area contributed by atoms with Crippen LogP contribution in [0.3, 0.4) is 0 Å². The lowest BCUT2D eigenvalue weighted by Crippen LogP contribution is -2.41. The van der Waals surface area contributed by atoms with Gasteiger partial charge in [0, 0.05) is 13.1 Å². The molecule has 128 valence electrons. The zero-order valence-electron chi connectivity index (χ0n) is 13.6. The van der Waals surface area contributed by atoms with Crippen LogP contribution in [0.5, 0.6) is 0 Å². The fourth-order valence-electron chi connectivity index (χ4n) is 2.89. The third-order valence-electron chi connectivity index (χ3n) is 4.39. The minimum absolute atomic E-state index is 0. The van der Waals surface area contributed by atoms with Crippen LogP contribution >= 0.6 is 12.4 Å². The molecule has 1 aliphatic heterocycles. The summed E-state index contributed by atoms with van der Waals surface area (Å²) in [5, 5.41) is 2.54. The number of hydrogen-bond donors (Lipinski definition) is 2. The lowest BCUT2D eigenvalue weighted by molar-refractivity contribution is -0.132. The topological polar surface area (TPSA) is 75.4 Å². The van der Waals surface area contributed by atoms with Gasteiger partial charge < -0.3 is 16.0 Å². The van der Waals surface area contributed by atoms with Crippen LogP contribution in [-0.4, -0.2) is 42.9 Å². The van der Waals surface area contributed by atoms with Gasteiger partial charge in [-0.05, 0) is 30.2 Å². The summed E-state index contributed by atoms with van der Waals surface area (Å²) in [4.78, 5) is 25.1. The molecule has 3 N–H and O–H groups in total. The van der Waals surface area contributed by atoms with Gasteiger partial charge in [-0.3, -0.25) is 9.59 Å². The molecule has 5 nitrogen and oxygen atoms in total. The monoisotopic (exact) mass is 339 g/mol. The molecule has 6 heteroatoms. The summed E-state index contributed by atoms with van der Waals surface area (Å²) in [5.41, 5.74) is 6.71. The first-order valence-corrected chi connectivity index (χ1v) is 7.81. The van der Waals surface area contributed by atoms with Crippen molar-refractivity contribution in [1.82, 2.24) is 10.2 Å². The van der Waals surface area contributed by atoms with E-state index in [4.69, 9.17) is 5.73 Å². The van der Waals surface area contributed by atoms with Crippen molar-refractivity contribution >= 4 is 24.2 Å². The van der Waals surface area contributed by atoms with Crippen molar-refractivity contribution in [3.05, 3.63) is 35.9 Å². The highest BCUT2D eigenvalue weighted by Crippen LogP contribution is 2.34. The highest BCUT2D eigenvalue weighted by atomic mass is 35.5. The Morgan fingerprint density at radius 3 is 2.65 bits per heavy atom. The average Bonchev–Trinajstić information content (AvgIpc) is 2.94. The number of halogens is 1. The van der Waals surface area contributed by atoms with Gasteiger partial charge in [0.2, 0.25) is 11.8 Å². The molecule has 1 aromatic rings. The molecule has 1 aliphatic rings. The third kappa shape index (κ3) is 5.84. The maximum Gasteiger partial charge on any atom is 0.241 e. The standard InChI is InChI=1S/C17H25N3O2.ClH/c1-17(8-7-14-5-3-2-4-6-14)9-10-20(13-17)16(22)12-19-15(21)11-18;/h2-6H,7-13,18H2,1H3,(H,19,21);1H. The van der Waals surface area contributed by atoms with Crippen molar-refractivity contribution in [2.45, 2.75) is 26.2 Å². The van der Waals surface area contributed by atoms with Crippen LogP contribution in [0.4, 0.5) is 0 Å². The van der Waals surface area contributed by atoms with Crippen LogP contribution in [0.2, 0.25) is 0 Å². The largest absolute Gasteiger partial charge is 0.346 e. The summed E-state index contributed by atoms with van der Waals surface area (Å²) >= 11 is 0. The van der Waals surface area contributed by atoms with Crippen molar-refractivity contribution in [2.75, 3.05) is 26.2 Å². The summed E-state index contributed by atoms with van der Waals surface area (Å²) in [6, 6.07) is 10.4.